The van der Waals surface area contributed by atoms with Crippen LogP contribution >= 0.6 is 0 Å². The molecule has 150 valence electrons. The molecule has 2 aromatic carbocycles. The Morgan fingerprint density at radius 2 is 1.90 bits per heavy atom. The van der Waals surface area contributed by atoms with E-state index in [1.165, 1.54) is 12.1 Å². The molecule has 0 aliphatic carbocycles. The van der Waals surface area contributed by atoms with Crippen molar-refractivity contribution >= 4 is 28.4 Å². The number of fused-ring (bicyclic) bond motifs is 1. The Kier molecular flexibility index (Phi) is 5.17. The van der Waals surface area contributed by atoms with Crippen LogP contribution in [-0.2, 0) is 0 Å². The van der Waals surface area contributed by atoms with Crippen molar-refractivity contribution < 1.29 is 19.1 Å². The van der Waals surface area contributed by atoms with Gasteiger partial charge in [0.25, 0.3) is 5.91 Å². The van der Waals surface area contributed by atoms with Gasteiger partial charge in [0, 0.05) is 17.6 Å². The van der Waals surface area contributed by atoms with E-state index in [1.54, 1.807) is 55.8 Å². The van der Waals surface area contributed by atoms with Gasteiger partial charge in [0.05, 0.1) is 12.8 Å². The fourth-order valence-electron chi connectivity index (χ4n) is 2.85. The number of amides is 1. The zero-order valence-corrected chi connectivity index (χ0v) is 16.4. The van der Waals surface area contributed by atoms with E-state index in [9.17, 15) is 9.90 Å². The quantitative estimate of drug-likeness (QED) is 0.530. The van der Waals surface area contributed by atoms with Crippen molar-refractivity contribution in [1.29, 1.82) is 0 Å². The molecule has 0 aliphatic heterocycles. The Labute approximate surface area is 172 Å². The zero-order valence-electron chi connectivity index (χ0n) is 16.4. The lowest BCUT2D eigenvalue weighted by molar-refractivity contribution is 0.102. The smallest absolute Gasteiger partial charge is 0.262 e. The van der Waals surface area contributed by atoms with E-state index in [4.69, 9.17) is 9.15 Å². The van der Waals surface area contributed by atoms with Gasteiger partial charge in [0.1, 0.15) is 28.5 Å². The summed E-state index contributed by atoms with van der Waals surface area (Å²) in [5.74, 6) is 0.768. The SMILES string of the molecule is COc1ccc(N=c2oc3cc(O)ccc3cc2C(=O)Nc2ccc(C)cn2)cc1. The van der Waals surface area contributed by atoms with Gasteiger partial charge in [-0.05, 0) is 61.0 Å². The highest BCUT2D eigenvalue weighted by Crippen LogP contribution is 2.21. The number of nitrogens with zero attached hydrogens (tertiary/aromatic N) is 2. The molecule has 7 heteroatoms. The number of phenolic OH excluding ortho intramolecular Hbond substituents is 1. The van der Waals surface area contributed by atoms with Crippen LogP contribution in [0, 0.1) is 6.92 Å². The lowest BCUT2D eigenvalue weighted by Gasteiger charge is -2.07. The van der Waals surface area contributed by atoms with Gasteiger partial charge in [-0.15, -0.1) is 0 Å². The van der Waals surface area contributed by atoms with E-state index in [0.717, 1.165) is 5.56 Å². The van der Waals surface area contributed by atoms with Gasteiger partial charge >= 0.3 is 0 Å². The number of anilines is 1. The molecule has 2 aromatic heterocycles. The van der Waals surface area contributed by atoms with Gasteiger partial charge in [-0.25, -0.2) is 9.98 Å². The minimum absolute atomic E-state index is 0.0581. The van der Waals surface area contributed by atoms with E-state index >= 15 is 0 Å². The normalized spacial score (nSPS) is 11.5. The van der Waals surface area contributed by atoms with E-state index < -0.39 is 5.91 Å². The lowest BCUT2D eigenvalue weighted by atomic mass is 10.1. The number of aromatic nitrogens is 1. The van der Waals surface area contributed by atoms with Gasteiger partial charge in [0.15, 0.2) is 0 Å². The van der Waals surface area contributed by atoms with Crippen molar-refractivity contribution in [3.8, 4) is 11.5 Å². The molecular formula is C23H19N3O4. The number of hydrogen-bond donors (Lipinski definition) is 2. The number of benzene rings is 2. The largest absolute Gasteiger partial charge is 0.508 e. The molecule has 0 unspecified atom stereocenters. The van der Waals surface area contributed by atoms with E-state index in [-0.39, 0.29) is 16.9 Å². The fourth-order valence-corrected chi connectivity index (χ4v) is 2.85. The highest BCUT2D eigenvalue weighted by atomic mass is 16.5. The summed E-state index contributed by atoms with van der Waals surface area (Å²) >= 11 is 0. The molecule has 2 heterocycles. The van der Waals surface area contributed by atoms with Gasteiger partial charge in [-0.3, -0.25) is 4.79 Å². The number of aromatic hydroxyl groups is 1. The minimum Gasteiger partial charge on any atom is -0.508 e. The number of aryl methyl sites for hydroxylation is 1. The van der Waals surface area contributed by atoms with Gasteiger partial charge in [-0.1, -0.05) is 6.07 Å². The number of carbonyl (C=O) groups excluding carboxylic acids is 1. The van der Waals surface area contributed by atoms with E-state index in [2.05, 4.69) is 15.3 Å². The third-order valence-electron chi connectivity index (χ3n) is 4.43. The van der Waals surface area contributed by atoms with Gasteiger partial charge < -0.3 is 19.6 Å². The van der Waals surface area contributed by atoms with Crippen LogP contribution in [0.3, 0.4) is 0 Å². The Balaban J connectivity index is 1.82. The monoisotopic (exact) mass is 401 g/mol. The van der Waals surface area contributed by atoms with E-state index in [0.29, 0.717) is 28.2 Å². The summed E-state index contributed by atoms with van der Waals surface area (Å²) in [5, 5.41) is 13.2. The molecule has 4 rings (SSSR count). The molecule has 0 saturated heterocycles. The number of phenols is 1. The van der Waals surface area contributed by atoms with Crippen LogP contribution in [-0.4, -0.2) is 23.1 Å². The maximum atomic E-state index is 13.0. The number of carbonyl (C=O) groups is 1. The maximum absolute atomic E-state index is 13.0. The summed E-state index contributed by atoms with van der Waals surface area (Å²) in [4.78, 5) is 21.7. The third kappa shape index (κ3) is 4.15. The van der Waals surface area contributed by atoms with Crippen molar-refractivity contribution in [2.24, 2.45) is 4.99 Å². The molecule has 4 aromatic rings. The van der Waals surface area contributed by atoms with Crippen LogP contribution in [0.1, 0.15) is 15.9 Å². The molecule has 0 atom stereocenters. The van der Waals surface area contributed by atoms with Crippen molar-refractivity contribution in [2.75, 3.05) is 12.4 Å². The summed E-state index contributed by atoms with van der Waals surface area (Å²) in [6.45, 7) is 1.92. The average Bonchev–Trinajstić information content (AvgIpc) is 2.75. The Bertz CT molecular complexity index is 1280. The lowest BCUT2D eigenvalue weighted by Crippen LogP contribution is -2.22. The average molecular weight is 401 g/mol. The van der Waals surface area contributed by atoms with Crippen LogP contribution in [0.5, 0.6) is 11.5 Å². The van der Waals surface area contributed by atoms with Crippen molar-refractivity contribution in [1.82, 2.24) is 4.98 Å². The summed E-state index contributed by atoms with van der Waals surface area (Å²) in [6, 6.07) is 17.0. The number of nitrogens with one attached hydrogen (secondary N) is 1. The van der Waals surface area contributed by atoms with Crippen LogP contribution in [0.25, 0.3) is 11.0 Å². The second kappa shape index (κ2) is 8.08. The van der Waals surface area contributed by atoms with Crippen LogP contribution in [0.15, 0.2) is 76.3 Å². The van der Waals surface area contributed by atoms with E-state index in [1.807, 2.05) is 13.0 Å². The highest BCUT2D eigenvalue weighted by Gasteiger charge is 2.14. The first kappa shape index (κ1) is 19.2. The Hall–Kier alpha value is -4.13. The second-order valence-corrected chi connectivity index (χ2v) is 6.67. The molecule has 30 heavy (non-hydrogen) atoms. The van der Waals surface area contributed by atoms with Crippen LogP contribution in [0.2, 0.25) is 0 Å². The van der Waals surface area contributed by atoms with Gasteiger partial charge in [0.2, 0.25) is 5.55 Å². The Morgan fingerprint density at radius 1 is 1.10 bits per heavy atom. The fraction of sp³-hybridized carbons (Fsp3) is 0.0870. The standard InChI is InChI=1S/C23H19N3O4/c1-14-3-10-21(24-13-14)26-22(28)19-11-15-4-7-17(27)12-20(15)30-23(19)25-16-5-8-18(29-2)9-6-16/h3-13,27H,1-2H3,(H,24,26,28). The van der Waals surface area contributed by atoms with Crippen molar-refractivity contribution in [3.63, 3.8) is 0 Å². The second-order valence-electron chi connectivity index (χ2n) is 6.67. The molecule has 0 saturated carbocycles. The predicted molar refractivity (Wildman–Crippen MR) is 113 cm³/mol. The van der Waals surface area contributed by atoms with Crippen LogP contribution in [0.4, 0.5) is 11.5 Å². The molecule has 0 aliphatic rings. The van der Waals surface area contributed by atoms with Crippen LogP contribution < -0.4 is 15.6 Å². The third-order valence-corrected chi connectivity index (χ3v) is 4.43. The molecule has 0 fully saturated rings. The molecular weight excluding hydrogens is 382 g/mol. The van der Waals surface area contributed by atoms with Crippen molar-refractivity contribution in [3.05, 3.63) is 83.5 Å². The molecule has 0 spiro atoms. The minimum atomic E-state index is -0.405. The zero-order chi connectivity index (χ0) is 21.1. The number of hydrogen-bond acceptors (Lipinski definition) is 6. The number of rotatable bonds is 4. The summed E-state index contributed by atoms with van der Waals surface area (Å²) in [7, 11) is 1.58. The molecule has 2 N–H and O–H groups in total. The molecule has 7 nitrogen and oxygen atoms in total. The highest BCUT2D eigenvalue weighted by molar-refractivity contribution is 6.05. The predicted octanol–water partition coefficient (Wildman–Crippen LogP) is 4.34. The summed E-state index contributed by atoms with van der Waals surface area (Å²) < 4.78 is 11.0. The summed E-state index contributed by atoms with van der Waals surface area (Å²) in [6.07, 6.45) is 1.67. The summed E-state index contributed by atoms with van der Waals surface area (Å²) in [5.41, 5.74) is 2.34. The topological polar surface area (TPSA) is 97.0 Å². The van der Waals surface area contributed by atoms with Gasteiger partial charge in [-0.2, -0.15) is 0 Å². The first-order valence-corrected chi connectivity index (χ1v) is 9.21. The van der Waals surface area contributed by atoms with Crippen molar-refractivity contribution in [2.45, 2.75) is 6.92 Å². The maximum Gasteiger partial charge on any atom is 0.262 e. The first-order valence-electron chi connectivity index (χ1n) is 9.21. The first-order chi connectivity index (χ1) is 14.5. The molecule has 1 amide bonds. The number of methoxy groups -OCH3 is 1. The molecule has 0 bridgehead atoms. The number of ether oxygens (including phenoxy) is 1. The Morgan fingerprint density at radius 3 is 2.60 bits per heavy atom. The molecule has 0 radical (unpaired) electrons. The number of pyridine rings is 1.